The number of hydrogen-bond donors (Lipinski definition) is 1. The summed E-state index contributed by atoms with van der Waals surface area (Å²) in [7, 11) is 0. The molecule has 0 atom stereocenters. The van der Waals surface area contributed by atoms with Gasteiger partial charge < -0.3 is 14.8 Å². The van der Waals surface area contributed by atoms with E-state index in [9.17, 15) is 0 Å². The van der Waals surface area contributed by atoms with E-state index in [-0.39, 0.29) is 0 Å². The van der Waals surface area contributed by atoms with Crippen LogP contribution in [0.15, 0.2) is 30.3 Å². The summed E-state index contributed by atoms with van der Waals surface area (Å²) in [4.78, 5) is 18.0. The van der Waals surface area contributed by atoms with Gasteiger partial charge in [-0.1, -0.05) is 18.2 Å². The quantitative estimate of drug-likeness (QED) is 0.771. The number of aromatic nitrogens is 3. The van der Waals surface area contributed by atoms with Crippen LogP contribution < -0.4 is 9.80 Å². The number of anilines is 3. The number of aryl methyl sites for hydroxylation is 2. The second-order valence-electron chi connectivity index (χ2n) is 7.14. The van der Waals surface area contributed by atoms with E-state index in [1.165, 1.54) is 24.1 Å². The smallest absolute Gasteiger partial charge is 0.229 e. The van der Waals surface area contributed by atoms with E-state index in [1.807, 2.05) is 0 Å². The summed E-state index contributed by atoms with van der Waals surface area (Å²) >= 11 is 0. The molecule has 4 heterocycles. The highest BCUT2D eigenvalue weighted by molar-refractivity contribution is 5.92. The first kappa shape index (κ1) is 14.8. The number of hydrogen-bond acceptors (Lipinski definition) is 4. The summed E-state index contributed by atoms with van der Waals surface area (Å²) in [6, 6.07) is 10.9. The van der Waals surface area contributed by atoms with Gasteiger partial charge in [-0.25, -0.2) is 0 Å². The van der Waals surface area contributed by atoms with Crippen LogP contribution in [0.5, 0.6) is 0 Å². The van der Waals surface area contributed by atoms with Gasteiger partial charge in [0, 0.05) is 31.0 Å². The maximum Gasteiger partial charge on any atom is 0.229 e. The van der Waals surface area contributed by atoms with Crippen molar-refractivity contribution < 1.29 is 0 Å². The van der Waals surface area contributed by atoms with Crippen molar-refractivity contribution >= 4 is 28.5 Å². The molecule has 0 aliphatic carbocycles. The van der Waals surface area contributed by atoms with Crippen molar-refractivity contribution in [2.45, 2.75) is 32.6 Å². The van der Waals surface area contributed by atoms with E-state index in [2.05, 4.69) is 52.0 Å². The molecule has 0 bridgehead atoms. The molecule has 0 amide bonds. The molecule has 5 nitrogen and oxygen atoms in total. The first-order chi connectivity index (χ1) is 12.3. The number of benzene rings is 1. The molecule has 0 unspecified atom stereocenters. The van der Waals surface area contributed by atoms with Crippen LogP contribution in [-0.4, -0.2) is 34.6 Å². The molecular formula is C20H23N5. The minimum absolute atomic E-state index is 0.866. The lowest BCUT2D eigenvalue weighted by molar-refractivity contribution is 0.759. The van der Waals surface area contributed by atoms with E-state index in [0.29, 0.717) is 0 Å². The fourth-order valence-electron chi connectivity index (χ4n) is 4.13. The normalized spacial score (nSPS) is 17.3. The molecular weight excluding hydrogens is 310 g/mol. The van der Waals surface area contributed by atoms with Crippen LogP contribution >= 0.6 is 0 Å². The maximum atomic E-state index is 5.04. The molecule has 1 fully saturated rings. The monoisotopic (exact) mass is 333 g/mol. The van der Waals surface area contributed by atoms with E-state index < -0.39 is 0 Å². The zero-order chi connectivity index (χ0) is 16.8. The van der Waals surface area contributed by atoms with Gasteiger partial charge in [-0.05, 0) is 50.3 Å². The third-order valence-corrected chi connectivity index (χ3v) is 5.34. The van der Waals surface area contributed by atoms with Crippen LogP contribution in [0.1, 0.15) is 30.5 Å². The Morgan fingerprint density at radius 3 is 2.72 bits per heavy atom. The maximum absolute atomic E-state index is 5.04. The van der Waals surface area contributed by atoms with Gasteiger partial charge in [-0.2, -0.15) is 9.97 Å². The summed E-state index contributed by atoms with van der Waals surface area (Å²) < 4.78 is 0. The van der Waals surface area contributed by atoms with Gasteiger partial charge in [-0.15, -0.1) is 0 Å². The number of H-pyrrole nitrogens is 1. The summed E-state index contributed by atoms with van der Waals surface area (Å²) in [6.07, 6.45) is 4.76. The first-order valence-electron chi connectivity index (χ1n) is 9.27. The zero-order valence-corrected chi connectivity index (χ0v) is 14.6. The van der Waals surface area contributed by atoms with Crippen molar-refractivity contribution in [1.82, 2.24) is 15.0 Å². The molecule has 1 aromatic carbocycles. The zero-order valence-electron chi connectivity index (χ0n) is 14.6. The molecule has 1 N–H and O–H groups in total. The Hall–Kier alpha value is -2.56. The summed E-state index contributed by atoms with van der Waals surface area (Å²) in [6.45, 7) is 5.21. The van der Waals surface area contributed by atoms with Crippen molar-refractivity contribution in [3.05, 3.63) is 41.6 Å². The Kier molecular flexibility index (Phi) is 3.40. The summed E-state index contributed by atoms with van der Waals surface area (Å²) in [5, 5.41) is 1.12. The van der Waals surface area contributed by atoms with Gasteiger partial charge in [-0.3, -0.25) is 0 Å². The second-order valence-corrected chi connectivity index (χ2v) is 7.14. The van der Waals surface area contributed by atoms with Gasteiger partial charge in [0.1, 0.15) is 11.5 Å². The molecule has 3 aromatic rings. The number of para-hydroxylation sites is 1. The molecule has 128 valence electrons. The number of nitrogens with one attached hydrogen (secondary N) is 1. The number of nitrogens with zero attached hydrogens (tertiary/aromatic N) is 4. The molecule has 5 rings (SSSR count). The highest BCUT2D eigenvalue weighted by Gasteiger charge is 2.24. The Bertz CT molecular complexity index is 923. The molecule has 0 radical (unpaired) electrons. The Labute approximate surface area is 147 Å². The van der Waals surface area contributed by atoms with Gasteiger partial charge in [0.05, 0.1) is 5.39 Å². The van der Waals surface area contributed by atoms with Crippen LogP contribution in [0.3, 0.4) is 0 Å². The van der Waals surface area contributed by atoms with Crippen molar-refractivity contribution in [2.75, 3.05) is 29.4 Å². The lowest BCUT2D eigenvalue weighted by Crippen LogP contribution is -2.27. The Morgan fingerprint density at radius 2 is 1.84 bits per heavy atom. The van der Waals surface area contributed by atoms with E-state index >= 15 is 0 Å². The molecule has 0 spiro atoms. The van der Waals surface area contributed by atoms with Gasteiger partial charge in [0.15, 0.2) is 0 Å². The Morgan fingerprint density at radius 1 is 1.00 bits per heavy atom. The average molecular weight is 333 g/mol. The van der Waals surface area contributed by atoms with Crippen LogP contribution in [0.4, 0.5) is 17.5 Å². The third kappa shape index (κ3) is 2.46. The third-order valence-electron chi connectivity index (χ3n) is 5.34. The molecule has 2 aliphatic rings. The lowest BCUT2D eigenvalue weighted by Gasteiger charge is -2.31. The van der Waals surface area contributed by atoms with E-state index in [4.69, 9.17) is 9.97 Å². The fourth-order valence-corrected chi connectivity index (χ4v) is 4.13. The van der Waals surface area contributed by atoms with Crippen LogP contribution in [0, 0.1) is 6.92 Å². The van der Waals surface area contributed by atoms with Crippen molar-refractivity contribution in [1.29, 1.82) is 0 Å². The van der Waals surface area contributed by atoms with E-state index in [0.717, 1.165) is 61.0 Å². The van der Waals surface area contributed by atoms with Crippen molar-refractivity contribution in [3.63, 3.8) is 0 Å². The van der Waals surface area contributed by atoms with Crippen LogP contribution in [-0.2, 0) is 6.42 Å². The van der Waals surface area contributed by atoms with Crippen LogP contribution in [0.25, 0.3) is 11.0 Å². The average Bonchev–Trinajstić information content (AvgIpc) is 3.29. The number of rotatable bonds is 2. The molecule has 2 aromatic heterocycles. The first-order valence-corrected chi connectivity index (χ1v) is 9.27. The fraction of sp³-hybridized carbons (Fsp3) is 0.400. The predicted molar refractivity (Wildman–Crippen MR) is 102 cm³/mol. The van der Waals surface area contributed by atoms with Gasteiger partial charge >= 0.3 is 0 Å². The van der Waals surface area contributed by atoms with Crippen LogP contribution in [0.2, 0.25) is 0 Å². The number of aromatic amines is 1. The van der Waals surface area contributed by atoms with E-state index in [1.54, 1.807) is 0 Å². The predicted octanol–water partition coefficient (Wildman–Crippen LogP) is 3.95. The Balaban J connectivity index is 1.70. The highest BCUT2D eigenvalue weighted by Crippen LogP contribution is 2.37. The molecule has 25 heavy (non-hydrogen) atoms. The SMILES string of the molecule is Cc1cc2c(N3CCCc4ccccc43)nc(N3CCCC3)nc2[nH]1. The highest BCUT2D eigenvalue weighted by atomic mass is 15.3. The minimum Gasteiger partial charge on any atom is -0.343 e. The molecule has 5 heteroatoms. The van der Waals surface area contributed by atoms with Gasteiger partial charge in [0.2, 0.25) is 5.95 Å². The minimum atomic E-state index is 0.866. The molecule has 0 saturated carbocycles. The number of fused-ring (bicyclic) bond motifs is 2. The van der Waals surface area contributed by atoms with Gasteiger partial charge in [0.25, 0.3) is 0 Å². The largest absolute Gasteiger partial charge is 0.343 e. The van der Waals surface area contributed by atoms with Crippen molar-refractivity contribution in [3.8, 4) is 0 Å². The summed E-state index contributed by atoms with van der Waals surface area (Å²) in [5.41, 5.74) is 4.79. The second kappa shape index (κ2) is 5.76. The standard InChI is InChI=1S/C20H23N5/c1-14-13-16-18(21-14)22-20(24-10-4-5-11-24)23-19(16)25-12-6-8-15-7-2-3-9-17(15)25/h2-3,7,9,13H,4-6,8,10-12H2,1H3,(H,21,22,23). The van der Waals surface area contributed by atoms with Crippen molar-refractivity contribution in [2.24, 2.45) is 0 Å². The molecule has 1 saturated heterocycles. The lowest BCUT2D eigenvalue weighted by atomic mass is 10.0. The topological polar surface area (TPSA) is 48.1 Å². The molecule has 2 aliphatic heterocycles. The summed E-state index contributed by atoms with van der Waals surface area (Å²) in [5.74, 6) is 1.91.